The van der Waals surface area contributed by atoms with E-state index in [1.165, 1.54) is 193 Å². The number of amides is 1. The summed E-state index contributed by atoms with van der Waals surface area (Å²) in [6.45, 7) is 2.77. The zero-order valence-electron chi connectivity index (χ0n) is 50.8. The molecule has 14 nitrogen and oxygen atoms in total. The van der Waals surface area contributed by atoms with Crippen molar-refractivity contribution >= 4 is 5.91 Å². The van der Waals surface area contributed by atoms with Crippen LogP contribution in [-0.2, 0) is 23.7 Å². The van der Waals surface area contributed by atoms with Crippen molar-refractivity contribution < 1.29 is 64.6 Å². The fourth-order valence-electron chi connectivity index (χ4n) is 11.0. The van der Waals surface area contributed by atoms with Crippen LogP contribution >= 0.6 is 0 Å². The third kappa shape index (κ3) is 36.1. The Hall–Kier alpha value is -1.79. The third-order valence-electron chi connectivity index (χ3n) is 16.3. The maximum Gasteiger partial charge on any atom is 0.220 e. The summed E-state index contributed by atoms with van der Waals surface area (Å²) >= 11 is 0. The van der Waals surface area contributed by atoms with Crippen molar-refractivity contribution in [2.75, 3.05) is 19.8 Å². The number of ether oxygens (including phenoxy) is 4. The summed E-state index contributed by atoms with van der Waals surface area (Å²) in [7, 11) is 0. The fourth-order valence-corrected chi connectivity index (χ4v) is 11.0. The van der Waals surface area contributed by atoms with Crippen molar-refractivity contribution in [2.24, 2.45) is 0 Å². The number of nitrogens with one attached hydrogen (secondary N) is 1. The second kappa shape index (κ2) is 51.6. The van der Waals surface area contributed by atoms with E-state index >= 15 is 0 Å². The molecule has 1 amide bonds. The molecule has 14 heteroatoms. The third-order valence-corrected chi connectivity index (χ3v) is 16.3. The lowest BCUT2D eigenvalue weighted by Gasteiger charge is -2.46. The molecule has 470 valence electrons. The van der Waals surface area contributed by atoms with Gasteiger partial charge < -0.3 is 65.1 Å². The number of unbranched alkanes of at least 4 members (excludes halogenated alkanes) is 37. The van der Waals surface area contributed by atoms with Gasteiger partial charge in [0.05, 0.1) is 32.0 Å². The second-order valence-corrected chi connectivity index (χ2v) is 23.6. The van der Waals surface area contributed by atoms with Gasteiger partial charge >= 0.3 is 0 Å². The predicted octanol–water partition coefficient (Wildman–Crippen LogP) is 12.6. The van der Waals surface area contributed by atoms with Gasteiger partial charge in [-0.1, -0.05) is 269 Å². The first-order valence-electron chi connectivity index (χ1n) is 33.2. The molecule has 2 saturated heterocycles. The van der Waals surface area contributed by atoms with Gasteiger partial charge in [-0.3, -0.25) is 4.79 Å². The molecule has 9 N–H and O–H groups in total. The van der Waals surface area contributed by atoms with E-state index in [2.05, 4.69) is 43.5 Å². The Morgan fingerprint density at radius 1 is 0.450 bits per heavy atom. The monoisotopic (exact) mass is 1140 g/mol. The minimum absolute atomic E-state index is 0.251. The van der Waals surface area contributed by atoms with Crippen LogP contribution in [0.5, 0.6) is 0 Å². The SMILES string of the molecule is CCCC/C=C\C/C=C\CCCCCCCC(=O)NC(COC1OC(CO)C(OC2OC(CO)C(O)C(O)C2O)C(O)C1O)C(O)/C=C/CCCCCCCCCCCCCCCCCCCCCCCCCCCCCCCC. The van der Waals surface area contributed by atoms with E-state index in [1.807, 2.05) is 6.08 Å². The van der Waals surface area contributed by atoms with E-state index in [9.17, 15) is 45.6 Å². The minimum Gasteiger partial charge on any atom is -0.394 e. The highest BCUT2D eigenvalue weighted by atomic mass is 16.7. The van der Waals surface area contributed by atoms with Crippen molar-refractivity contribution in [1.82, 2.24) is 5.32 Å². The lowest BCUT2D eigenvalue weighted by atomic mass is 9.97. The molecule has 0 saturated carbocycles. The Morgan fingerprint density at radius 2 is 0.838 bits per heavy atom. The van der Waals surface area contributed by atoms with Gasteiger partial charge in [0, 0.05) is 6.42 Å². The molecule has 2 aliphatic rings. The number of allylic oxidation sites excluding steroid dienone is 5. The van der Waals surface area contributed by atoms with Crippen molar-refractivity contribution in [3.8, 4) is 0 Å². The molecular formula is C66H123NO13. The zero-order chi connectivity index (χ0) is 58.1. The number of hydrogen-bond acceptors (Lipinski definition) is 13. The molecule has 0 aliphatic carbocycles. The molecule has 2 heterocycles. The quantitative estimate of drug-likeness (QED) is 0.0204. The molecular weight excluding hydrogens is 1010 g/mol. The summed E-state index contributed by atoms with van der Waals surface area (Å²) < 4.78 is 22.8. The van der Waals surface area contributed by atoms with Crippen LogP contribution in [0.2, 0.25) is 0 Å². The average molecular weight is 1140 g/mol. The van der Waals surface area contributed by atoms with Crippen LogP contribution in [0, 0.1) is 0 Å². The summed E-state index contributed by atoms with van der Waals surface area (Å²) in [6, 6.07) is -0.922. The van der Waals surface area contributed by atoms with Gasteiger partial charge in [0.2, 0.25) is 5.91 Å². The van der Waals surface area contributed by atoms with Gasteiger partial charge in [-0.25, -0.2) is 0 Å². The Labute approximate surface area is 487 Å². The highest BCUT2D eigenvalue weighted by molar-refractivity contribution is 5.76. The maximum atomic E-state index is 13.2. The normalized spacial score (nSPS) is 24.4. The van der Waals surface area contributed by atoms with Crippen molar-refractivity contribution in [1.29, 1.82) is 0 Å². The summed E-state index contributed by atoms with van der Waals surface area (Å²) in [5.74, 6) is -0.251. The molecule has 12 unspecified atom stereocenters. The molecule has 12 atom stereocenters. The van der Waals surface area contributed by atoms with Gasteiger partial charge in [0.1, 0.15) is 48.8 Å². The Bertz CT molecular complexity index is 1480. The number of aliphatic hydroxyl groups excluding tert-OH is 8. The van der Waals surface area contributed by atoms with Crippen LogP contribution in [0.4, 0.5) is 0 Å². The van der Waals surface area contributed by atoms with E-state index in [0.717, 1.165) is 64.2 Å². The van der Waals surface area contributed by atoms with Crippen LogP contribution < -0.4 is 5.32 Å². The van der Waals surface area contributed by atoms with E-state index in [-0.39, 0.29) is 18.9 Å². The summed E-state index contributed by atoms with van der Waals surface area (Å²) in [6.07, 6.45) is 47.9. The number of carbonyl (C=O) groups excluding carboxylic acids is 1. The largest absolute Gasteiger partial charge is 0.394 e. The first-order chi connectivity index (χ1) is 39.1. The Balaban J connectivity index is 1.65. The van der Waals surface area contributed by atoms with Gasteiger partial charge in [-0.2, -0.15) is 0 Å². The lowest BCUT2D eigenvalue weighted by Crippen LogP contribution is -2.65. The van der Waals surface area contributed by atoms with Gasteiger partial charge in [0.25, 0.3) is 0 Å². The second-order valence-electron chi connectivity index (χ2n) is 23.6. The van der Waals surface area contributed by atoms with E-state index in [0.29, 0.717) is 6.42 Å². The first-order valence-corrected chi connectivity index (χ1v) is 33.2. The number of aliphatic hydroxyl groups is 8. The van der Waals surface area contributed by atoms with Crippen LogP contribution in [0.3, 0.4) is 0 Å². The number of rotatable bonds is 54. The minimum atomic E-state index is -1.79. The number of carbonyl (C=O) groups is 1. The summed E-state index contributed by atoms with van der Waals surface area (Å²) in [5.41, 5.74) is 0. The van der Waals surface area contributed by atoms with Crippen LogP contribution in [-0.4, -0.2) is 140 Å². The van der Waals surface area contributed by atoms with E-state index in [1.54, 1.807) is 6.08 Å². The van der Waals surface area contributed by atoms with Crippen molar-refractivity contribution in [3.63, 3.8) is 0 Å². The van der Waals surface area contributed by atoms with Gasteiger partial charge in [-0.05, 0) is 44.9 Å². The predicted molar refractivity (Wildman–Crippen MR) is 323 cm³/mol. The molecule has 0 aromatic heterocycles. The summed E-state index contributed by atoms with van der Waals surface area (Å²) in [5, 5.41) is 87.2. The topological polar surface area (TPSA) is 228 Å². The van der Waals surface area contributed by atoms with Gasteiger partial charge in [-0.15, -0.1) is 0 Å². The molecule has 0 bridgehead atoms. The van der Waals surface area contributed by atoms with Crippen LogP contribution in [0.15, 0.2) is 36.5 Å². The molecule has 0 aromatic rings. The molecule has 2 rings (SSSR count). The number of hydrogen-bond donors (Lipinski definition) is 9. The zero-order valence-corrected chi connectivity index (χ0v) is 50.8. The summed E-state index contributed by atoms with van der Waals surface area (Å²) in [4.78, 5) is 13.2. The van der Waals surface area contributed by atoms with Crippen LogP contribution in [0.1, 0.15) is 284 Å². The average Bonchev–Trinajstić information content (AvgIpc) is 3.46. The molecule has 80 heavy (non-hydrogen) atoms. The highest BCUT2D eigenvalue weighted by Crippen LogP contribution is 2.30. The van der Waals surface area contributed by atoms with Gasteiger partial charge in [0.15, 0.2) is 12.6 Å². The Kier molecular flexibility index (Phi) is 47.9. The Morgan fingerprint density at radius 3 is 1.29 bits per heavy atom. The lowest BCUT2D eigenvalue weighted by molar-refractivity contribution is -0.359. The highest BCUT2D eigenvalue weighted by Gasteiger charge is 2.51. The molecule has 0 aromatic carbocycles. The standard InChI is InChI=1S/C66H123NO13/c1-3-5-7-9-11-13-15-17-19-20-21-22-23-24-25-26-27-28-29-30-31-32-33-34-35-36-37-39-41-43-45-47-49-55(70)54(67-58(71)50-48-46-44-42-40-38-18-16-14-12-10-8-6-4-2)53-77-65-63(76)61(74)64(57(52-69)79-65)80-66-62(75)60(73)59(72)56(51-68)78-66/h10,12,16,18,47,49,54-57,59-66,68-70,72-76H,3-9,11,13-15,17,19-46,48,50-53H2,1-2H3,(H,67,71)/b12-10-,18-16-,49-47+. The molecule has 0 radical (unpaired) electrons. The van der Waals surface area contributed by atoms with Crippen molar-refractivity contribution in [2.45, 2.75) is 357 Å². The van der Waals surface area contributed by atoms with Crippen molar-refractivity contribution in [3.05, 3.63) is 36.5 Å². The van der Waals surface area contributed by atoms with E-state index < -0.39 is 86.8 Å². The molecule has 2 fully saturated rings. The smallest absolute Gasteiger partial charge is 0.220 e. The first kappa shape index (κ1) is 74.3. The molecule has 2 aliphatic heterocycles. The maximum absolute atomic E-state index is 13.2. The van der Waals surface area contributed by atoms with E-state index in [4.69, 9.17) is 18.9 Å². The fraction of sp³-hybridized carbons (Fsp3) is 0.894. The molecule has 0 spiro atoms. The van der Waals surface area contributed by atoms with Crippen LogP contribution in [0.25, 0.3) is 0 Å².